The molecular formula is C33H29F3N8O6. The highest BCUT2D eigenvalue weighted by Gasteiger charge is 2.43. The number of methoxy groups -OCH3 is 1. The zero-order valence-electron chi connectivity index (χ0n) is 26.5. The summed E-state index contributed by atoms with van der Waals surface area (Å²) in [6.45, 7) is 1.92. The summed E-state index contributed by atoms with van der Waals surface area (Å²) in [5.41, 5.74) is 1.06. The highest BCUT2D eigenvalue weighted by atomic mass is 19.4. The topological polar surface area (TPSA) is 159 Å². The fourth-order valence-electron chi connectivity index (χ4n) is 6.35. The van der Waals surface area contributed by atoms with Crippen molar-refractivity contribution in [3.8, 4) is 5.75 Å². The van der Waals surface area contributed by atoms with Crippen molar-refractivity contribution < 1.29 is 41.9 Å². The number of benzene rings is 2. The molecule has 0 bridgehead atoms. The van der Waals surface area contributed by atoms with Crippen LogP contribution in [0.4, 0.5) is 23.7 Å². The number of carbonyl (C=O) groups is 5. The van der Waals surface area contributed by atoms with Crippen molar-refractivity contribution in [2.45, 2.75) is 38.0 Å². The number of ether oxygens (including phenoxy) is 1. The summed E-state index contributed by atoms with van der Waals surface area (Å²) in [4.78, 5) is 68.4. The van der Waals surface area contributed by atoms with Crippen LogP contribution < -0.4 is 15.4 Å². The second kappa shape index (κ2) is 12.6. The van der Waals surface area contributed by atoms with Crippen LogP contribution in [-0.4, -0.2) is 86.1 Å². The smallest absolute Gasteiger partial charge is 0.433 e. The Labute approximate surface area is 281 Å². The lowest BCUT2D eigenvalue weighted by molar-refractivity contribution is -0.141. The van der Waals surface area contributed by atoms with E-state index in [9.17, 15) is 37.1 Å². The molecular weight excluding hydrogens is 661 g/mol. The lowest BCUT2D eigenvalue weighted by Gasteiger charge is -2.32. The minimum absolute atomic E-state index is 0.0187. The monoisotopic (exact) mass is 690 g/mol. The molecule has 2 aromatic heterocycles. The van der Waals surface area contributed by atoms with Crippen molar-refractivity contribution in [2.75, 3.05) is 32.1 Å². The molecule has 2 fully saturated rings. The molecule has 6 amide bonds. The molecule has 0 atom stereocenters. The molecule has 7 rings (SSSR count). The van der Waals surface area contributed by atoms with Crippen molar-refractivity contribution in [3.05, 3.63) is 82.8 Å². The summed E-state index contributed by atoms with van der Waals surface area (Å²) >= 11 is 0. The van der Waals surface area contributed by atoms with Gasteiger partial charge in [0.25, 0.3) is 17.7 Å². The molecule has 2 saturated heterocycles. The van der Waals surface area contributed by atoms with Crippen LogP contribution in [0.2, 0.25) is 0 Å². The number of anilines is 1. The lowest BCUT2D eigenvalue weighted by atomic mass is 10.0. The normalized spacial score (nSPS) is 17.4. The Morgan fingerprint density at radius 3 is 2.44 bits per heavy atom. The molecule has 14 nitrogen and oxygen atoms in total. The van der Waals surface area contributed by atoms with Crippen molar-refractivity contribution in [2.24, 2.45) is 0 Å². The molecule has 17 heteroatoms. The van der Waals surface area contributed by atoms with Gasteiger partial charge in [0.1, 0.15) is 11.4 Å². The van der Waals surface area contributed by atoms with Gasteiger partial charge in [-0.1, -0.05) is 6.07 Å². The molecule has 5 heterocycles. The van der Waals surface area contributed by atoms with Crippen molar-refractivity contribution in [3.63, 3.8) is 0 Å². The van der Waals surface area contributed by atoms with Gasteiger partial charge in [0, 0.05) is 49.9 Å². The van der Waals surface area contributed by atoms with Crippen LogP contribution in [-0.2, 0) is 17.5 Å². The number of hydrazine groups is 1. The zero-order chi connectivity index (χ0) is 35.3. The van der Waals surface area contributed by atoms with Crippen LogP contribution in [0.3, 0.4) is 0 Å². The van der Waals surface area contributed by atoms with Crippen molar-refractivity contribution in [1.82, 2.24) is 35.0 Å². The standard InChI is InChI=1S/C33H29F3N8O6/c1-50-26-14-24-20(13-25(26)38-29(46)19-3-5-27(37-15-19)33(34,35)36)17-42(40-24)21-6-9-41(10-7-21)16-18-2-4-22-23(12-18)31(48)44(30(22)47)43-11-8-28(45)39-32(43)49/h2-5,12-15,17,21H,6-11,16H2,1H3,(H,38,46)(H,39,45,49). The van der Waals surface area contributed by atoms with E-state index in [1.165, 1.54) is 7.11 Å². The Morgan fingerprint density at radius 2 is 1.76 bits per heavy atom. The molecule has 2 N–H and O–H groups in total. The first-order chi connectivity index (χ1) is 23.9. The van der Waals surface area contributed by atoms with E-state index in [4.69, 9.17) is 9.84 Å². The van der Waals surface area contributed by atoms with Crippen LogP contribution in [0.5, 0.6) is 5.75 Å². The number of hydrogen-bond acceptors (Lipinski definition) is 9. The van der Waals surface area contributed by atoms with E-state index in [0.717, 1.165) is 65.2 Å². The second-order valence-electron chi connectivity index (χ2n) is 12.1. The number of aromatic nitrogens is 3. The number of likely N-dealkylation sites (tertiary alicyclic amines) is 1. The van der Waals surface area contributed by atoms with Crippen LogP contribution in [0.1, 0.15) is 67.6 Å². The number of nitrogens with one attached hydrogen (secondary N) is 2. The Kier molecular flexibility index (Phi) is 8.21. The van der Waals surface area contributed by atoms with Gasteiger partial charge in [0.2, 0.25) is 5.91 Å². The SMILES string of the molecule is COc1cc2nn(C3CCN(Cc4ccc5c(c4)C(=O)N(N4CCC(=O)NC4=O)C5=O)CC3)cc2cc1NC(=O)c1ccc(C(F)(F)F)nc1. The largest absolute Gasteiger partial charge is 0.494 e. The molecule has 3 aliphatic rings. The predicted molar refractivity (Wildman–Crippen MR) is 169 cm³/mol. The summed E-state index contributed by atoms with van der Waals surface area (Å²) in [6, 6.07) is 9.49. The van der Waals surface area contributed by atoms with E-state index < -0.39 is 41.5 Å². The molecule has 0 radical (unpaired) electrons. The number of imide groups is 2. The first-order valence-corrected chi connectivity index (χ1v) is 15.7. The quantitative estimate of drug-likeness (QED) is 0.274. The number of amides is 6. The van der Waals surface area contributed by atoms with E-state index in [1.807, 2.05) is 10.9 Å². The number of piperidine rings is 1. The third-order valence-electron chi connectivity index (χ3n) is 8.95. The summed E-state index contributed by atoms with van der Waals surface area (Å²) in [5.74, 6) is -2.01. The maximum absolute atomic E-state index is 13.2. The Balaban J connectivity index is 0.990. The minimum Gasteiger partial charge on any atom is -0.494 e. The average Bonchev–Trinajstić information content (AvgIpc) is 3.61. The number of nitrogens with zero attached hydrogens (tertiary/aromatic N) is 6. The molecule has 0 spiro atoms. The average molecular weight is 691 g/mol. The van der Waals surface area contributed by atoms with Gasteiger partial charge in [0.15, 0.2) is 0 Å². The van der Waals surface area contributed by atoms with E-state index in [2.05, 4.69) is 20.5 Å². The fourth-order valence-corrected chi connectivity index (χ4v) is 6.35. The molecule has 0 aliphatic carbocycles. The Bertz CT molecular complexity index is 2060. The number of rotatable bonds is 7. The third-order valence-corrected chi connectivity index (χ3v) is 8.95. The van der Waals surface area contributed by atoms with E-state index >= 15 is 0 Å². The van der Waals surface area contributed by atoms with Gasteiger partial charge in [-0.2, -0.15) is 23.3 Å². The molecule has 258 valence electrons. The van der Waals surface area contributed by atoms with Crippen molar-refractivity contribution >= 4 is 46.3 Å². The number of urea groups is 1. The number of carbonyl (C=O) groups excluding carboxylic acids is 5. The predicted octanol–water partition coefficient (Wildman–Crippen LogP) is 4.00. The summed E-state index contributed by atoms with van der Waals surface area (Å²) in [5, 5.41) is 12.0. The van der Waals surface area contributed by atoms with Crippen LogP contribution in [0.25, 0.3) is 10.9 Å². The highest BCUT2D eigenvalue weighted by Crippen LogP contribution is 2.33. The number of fused-ring (bicyclic) bond motifs is 2. The van der Waals surface area contributed by atoms with Crippen LogP contribution in [0.15, 0.2) is 54.9 Å². The van der Waals surface area contributed by atoms with Crippen molar-refractivity contribution in [1.29, 1.82) is 0 Å². The number of hydrogen-bond donors (Lipinski definition) is 2. The second-order valence-corrected chi connectivity index (χ2v) is 12.1. The fraction of sp³-hybridized carbons (Fsp3) is 0.303. The molecule has 50 heavy (non-hydrogen) atoms. The molecule has 0 saturated carbocycles. The first-order valence-electron chi connectivity index (χ1n) is 15.7. The number of pyridine rings is 1. The first kappa shape index (κ1) is 32.7. The summed E-state index contributed by atoms with van der Waals surface area (Å²) in [6.07, 6.45) is -0.346. The van der Waals surface area contributed by atoms with Crippen LogP contribution >= 0.6 is 0 Å². The van der Waals surface area contributed by atoms with Gasteiger partial charge in [0.05, 0.1) is 47.6 Å². The van der Waals surface area contributed by atoms with E-state index in [-0.39, 0.29) is 35.7 Å². The van der Waals surface area contributed by atoms with Gasteiger partial charge in [-0.25, -0.2) is 9.80 Å². The van der Waals surface area contributed by atoms with Crippen LogP contribution in [0, 0.1) is 0 Å². The van der Waals surface area contributed by atoms with Gasteiger partial charge >= 0.3 is 12.2 Å². The third kappa shape index (κ3) is 6.11. The number of alkyl halides is 3. The summed E-state index contributed by atoms with van der Waals surface area (Å²) in [7, 11) is 1.43. The summed E-state index contributed by atoms with van der Waals surface area (Å²) < 4.78 is 45.9. The van der Waals surface area contributed by atoms with Gasteiger partial charge in [-0.05, 0) is 48.7 Å². The van der Waals surface area contributed by atoms with Gasteiger partial charge in [-0.3, -0.25) is 39.1 Å². The van der Waals surface area contributed by atoms with E-state index in [0.29, 0.717) is 23.5 Å². The molecule has 3 aliphatic heterocycles. The zero-order valence-corrected chi connectivity index (χ0v) is 26.5. The van der Waals surface area contributed by atoms with Gasteiger partial charge in [-0.15, -0.1) is 0 Å². The lowest BCUT2D eigenvalue weighted by Crippen LogP contribution is -2.58. The Morgan fingerprint density at radius 1 is 1.00 bits per heavy atom. The minimum atomic E-state index is -4.61. The highest BCUT2D eigenvalue weighted by molar-refractivity contribution is 6.22. The Hall–Kier alpha value is -5.84. The van der Waals surface area contributed by atoms with Gasteiger partial charge < -0.3 is 10.1 Å². The number of halogens is 3. The van der Waals surface area contributed by atoms with E-state index in [1.54, 1.807) is 30.3 Å². The molecule has 2 aromatic carbocycles. The maximum atomic E-state index is 13.2. The maximum Gasteiger partial charge on any atom is 0.433 e. The molecule has 0 unspecified atom stereocenters. The molecule has 4 aromatic rings.